The molecule has 0 aromatic carbocycles. The summed E-state index contributed by atoms with van der Waals surface area (Å²) < 4.78 is 5.36. The lowest BCUT2D eigenvalue weighted by molar-refractivity contribution is -0.132. The van der Waals surface area contributed by atoms with Gasteiger partial charge in [0.15, 0.2) is 5.82 Å². The fraction of sp³-hybridized carbons (Fsp3) is 0.750. The minimum atomic E-state index is -0.821. The molecule has 130 valence electrons. The average Bonchev–Trinajstić information content (AvgIpc) is 3.29. The van der Waals surface area contributed by atoms with Gasteiger partial charge >= 0.3 is 6.03 Å². The molecule has 4 rings (SSSR count). The van der Waals surface area contributed by atoms with E-state index in [-0.39, 0.29) is 17.9 Å². The molecule has 8 nitrogen and oxygen atoms in total. The molecule has 0 radical (unpaired) electrons. The number of likely N-dealkylation sites (N-methyl/N-ethyl adjacent to an activating group) is 1. The van der Waals surface area contributed by atoms with Crippen molar-refractivity contribution in [2.24, 2.45) is 5.92 Å². The number of urea groups is 1. The Bertz CT molecular complexity index is 670. The second-order valence-electron chi connectivity index (χ2n) is 7.39. The number of likely N-dealkylation sites (tertiary alicyclic amines) is 1. The number of imide groups is 1. The van der Waals surface area contributed by atoms with Crippen LogP contribution in [0.2, 0.25) is 0 Å². The highest BCUT2D eigenvalue weighted by molar-refractivity contribution is 6.06. The van der Waals surface area contributed by atoms with Crippen LogP contribution in [-0.2, 0) is 11.3 Å². The van der Waals surface area contributed by atoms with Crippen molar-refractivity contribution in [2.75, 3.05) is 20.1 Å². The number of nitrogens with zero attached hydrogens (tertiary/aromatic N) is 4. The molecule has 0 spiro atoms. The van der Waals surface area contributed by atoms with Crippen LogP contribution in [-0.4, -0.2) is 57.6 Å². The molecule has 1 aliphatic carbocycles. The molecule has 0 unspecified atom stereocenters. The molecular formula is C16H23N5O3. The Hall–Kier alpha value is -1.96. The van der Waals surface area contributed by atoms with E-state index in [0.29, 0.717) is 18.4 Å². The standard InChI is InChI=1S/C16H23N5O3/c1-16(14(22)20(2)15(23)18-16)11-4-3-7-21(8-11)9-12-17-13(19-24-12)10-5-6-10/h10-11H,3-9H2,1-2H3,(H,18,23)/t11-,16-/m0/s1. The number of rotatable bonds is 4. The minimum absolute atomic E-state index is 0.0819. The van der Waals surface area contributed by atoms with Crippen molar-refractivity contribution in [1.82, 2.24) is 25.3 Å². The third-order valence-corrected chi connectivity index (χ3v) is 5.53. The topological polar surface area (TPSA) is 91.6 Å². The van der Waals surface area contributed by atoms with E-state index >= 15 is 0 Å². The van der Waals surface area contributed by atoms with Crippen molar-refractivity contribution >= 4 is 11.9 Å². The normalized spacial score (nSPS) is 31.6. The first-order valence-electron chi connectivity index (χ1n) is 8.62. The zero-order valence-electron chi connectivity index (χ0n) is 14.1. The van der Waals surface area contributed by atoms with E-state index < -0.39 is 5.54 Å². The van der Waals surface area contributed by atoms with Gasteiger partial charge in [-0.05, 0) is 39.2 Å². The molecular weight excluding hydrogens is 310 g/mol. The summed E-state index contributed by atoms with van der Waals surface area (Å²) in [6, 6.07) is -0.314. The van der Waals surface area contributed by atoms with E-state index in [4.69, 9.17) is 4.52 Å². The van der Waals surface area contributed by atoms with E-state index in [9.17, 15) is 9.59 Å². The number of aromatic nitrogens is 2. The molecule has 3 fully saturated rings. The van der Waals surface area contributed by atoms with Gasteiger partial charge in [-0.25, -0.2) is 4.79 Å². The molecule has 1 N–H and O–H groups in total. The molecule has 1 saturated carbocycles. The number of piperidine rings is 1. The number of carbonyl (C=O) groups excluding carboxylic acids is 2. The fourth-order valence-corrected chi connectivity index (χ4v) is 3.78. The molecule has 8 heteroatoms. The maximum absolute atomic E-state index is 12.5. The van der Waals surface area contributed by atoms with Crippen LogP contribution in [0, 0.1) is 5.92 Å². The summed E-state index contributed by atoms with van der Waals surface area (Å²) in [7, 11) is 1.53. The first-order valence-corrected chi connectivity index (χ1v) is 8.62. The summed E-state index contributed by atoms with van der Waals surface area (Å²) in [4.78, 5) is 32.2. The van der Waals surface area contributed by atoms with Gasteiger partial charge in [-0.1, -0.05) is 5.16 Å². The molecule has 24 heavy (non-hydrogen) atoms. The van der Waals surface area contributed by atoms with E-state index in [2.05, 4.69) is 20.4 Å². The third-order valence-electron chi connectivity index (χ3n) is 5.53. The maximum atomic E-state index is 12.5. The number of hydrogen-bond donors (Lipinski definition) is 1. The molecule has 1 aromatic rings. The monoisotopic (exact) mass is 333 g/mol. The zero-order valence-corrected chi connectivity index (χ0v) is 14.1. The summed E-state index contributed by atoms with van der Waals surface area (Å²) in [5.41, 5.74) is -0.821. The van der Waals surface area contributed by atoms with Gasteiger partial charge < -0.3 is 9.84 Å². The summed E-state index contributed by atoms with van der Waals surface area (Å²) in [5.74, 6) is 1.89. The van der Waals surface area contributed by atoms with E-state index in [0.717, 1.165) is 44.6 Å². The SMILES string of the molecule is CN1C(=O)N[C@@](C)([C@H]2CCCN(Cc3nc(C4CC4)no3)C2)C1=O. The first-order chi connectivity index (χ1) is 11.5. The van der Waals surface area contributed by atoms with E-state index in [1.807, 2.05) is 6.92 Å². The molecule has 2 atom stereocenters. The van der Waals surface area contributed by atoms with Gasteiger partial charge in [-0.2, -0.15) is 4.98 Å². The molecule has 2 saturated heterocycles. The lowest BCUT2D eigenvalue weighted by Gasteiger charge is -2.39. The van der Waals surface area contributed by atoms with Crippen molar-refractivity contribution in [1.29, 1.82) is 0 Å². The quantitative estimate of drug-likeness (QED) is 0.830. The smallest absolute Gasteiger partial charge is 0.324 e. The predicted molar refractivity (Wildman–Crippen MR) is 84.0 cm³/mol. The van der Waals surface area contributed by atoms with Gasteiger partial charge in [-0.15, -0.1) is 0 Å². The molecule has 2 aliphatic heterocycles. The second-order valence-corrected chi connectivity index (χ2v) is 7.39. The molecule has 3 aliphatic rings. The fourth-order valence-electron chi connectivity index (χ4n) is 3.78. The van der Waals surface area contributed by atoms with Gasteiger partial charge in [0.2, 0.25) is 5.89 Å². The van der Waals surface area contributed by atoms with Crippen molar-refractivity contribution in [3.05, 3.63) is 11.7 Å². The largest absolute Gasteiger partial charge is 0.338 e. The Morgan fingerprint density at radius 1 is 1.33 bits per heavy atom. The van der Waals surface area contributed by atoms with Gasteiger partial charge in [-0.3, -0.25) is 14.6 Å². The lowest BCUT2D eigenvalue weighted by Crippen LogP contribution is -2.55. The Kier molecular flexibility index (Phi) is 3.59. The molecule has 3 heterocycles. The van der Waals surface area contributed by atoms with Crippen molar-refractivity contribution in [3.63, 3.8) is 0 Å². The lowest BCUT2D eigenvalue weighted by atomic mass is 9.80. The average molecular weight is 333 g/mol. The number of carbonyl (C=O) groups is 2. The highest BCUT2D eigenvalue weighted by Crippen LogP contribution is 2.38. The van der Waals surface area contributed by atoms with Crippen molar-refractivity contribution in [2.45, 2.75) is 50.6 Å². The van der Waals surface area contributed by atoms with Gasteiger partial charge in [0, 0.05) is 25.4 Å². The Morgan fingerprint density at radius 3 is 2.79 bits per heavy atom. The van der Waals surface area contributed by atoms with E-state index in [1.54, 1.807) is 0 Å². The number of nitrogens with one attached hydrogen (secondary N) is 1. The first kappa shape index (κ1) is 15.6. The van der Waals surface area contributed by atoms with Crippen LogP contribution < -0.4 is 5.32 Å². The Balaban J connectivity index is 1.43. The molecule has 0 bridgehead atoms. The molecule has 3 amide bonds. The summed E-state index contributed by atoms with van der Waals surface area (Å²) in [6.45, 7) is 4.11. The summed E-state index contributed by atoms with van der Waals surface area (Å²) in [6.07, 6.45) is 4.21. The van der Waals surface area contributed by atoms with Gasteiger partial charge in [0.1, 0.15) is 5.54 Å². The van der Waals surface area contributed by atoms with Gasteiger partial charge in [0.05, 0.1) is 6.54 Å². The van der Waals surface area contributed by atoms with Crippen LogP contribution >= 0.6 is 0 Å². The minimum Gasteiger partial charge on any atom is -0.338 e. The third kappa shape index (κ3) is 2.58. The van der Waals surface area contributed by atoms with Crippen LogP contribution in [0.25, 0.3) is 0 Å². The Labute approximate surface area is 140 Å². The number of hydrogen-bond acceptors (Lipinski definition) is 6. The van der Waals surface area contributed by atoms with Crippen LogP contribution in [0.4, 0.5) is 4.79 Å². The highest BCUT2D eigenvalue weighted by atomic mass is 16.5. The van der Waals surface area contributed by atoms with Crippen LogP contribution in [0.1, 0.15) is 50.2 Å². The summed E-state index contributed by atoms with van der Waals surface area (Å²) in [5, 5.41) is 6.93. The second kappa shape index (κ2) is 5.54. The van der Waals surface area contributed by atoms with Crippen molar-refractivity contribution in [3.8, 4) is 0 Å². The van der Waals surface area contributed by atoms with Crippen LogP contribution in [0.15, 0.2) is 4.52 Å². The summed E-state index contributed by atoms with van der Waals surface area (Å²) >= 11 is 0. The van der Waals surface area contributed by atoms with Crippen LogP contribution in [0.5, 0.6) is 0 Å². The van der Waals surface area contributed by atoms with Crippen molar-refractivity contribution < 1.29 is 14.1 Å². The number of amides is 3. The van der Waals surface area contributed by atoms with Gasteiger partial charge in [0.25, 0.3) is 5.91 Å². The Morgan fingerprint density at radius 2 is 2.12 bits per heavy atom. The maximum Gasteiger partial charge on any atom is 0.324 e. The van der Waals surface area contributed by atoms with Crippen LogP contribution in [0.3, 0.4) is 0 Å². The predicted octanol–water partition coefficient (Wildman–Crippen LogP) is 1.10. The van der Waals surface area contributed by atoms with E-state index in [1.165, 1.54) is 11.9 Å². The zero-order chi connectivity index (χ0) is 16.9. The molecule has 1 aromatic heterocycles. The highest BCUT2D eigenvalue weighted by Gasteiger charge is 2.51.